The van der Waals surface area contributed by atoms with E-state index in [0.29, 0.717) is 35.3 Å². The highest BCUT2D eigenvalue weighted by Gasteiger charge is 2.41. The molecular formula is C26H29N3O4S. The van der Waals surface area contributed by atoms with Gasteiger partial charge in [-0.2, -0.15) is 11.8 Å². The quantitative estimate of drug-likeness (QED) is 0.333. The lowest BCUT2D eigenvalue weighted by Crippen LogP contribution is -2.51. The molecule has 0 saturated carbocycles. The second kappa shape index (κ2) is 10.4. The summed E-state index contributed by atoms with van der Waals surface area (Å²) in [4.78, 5) is 29.3. The van der Waals surface area contributed by atoms with Gasteiger partial charge >= 0.3 is 0 Å². The number of pyridine rings is 1. The fraction of sp³-hybridized carbons (Fsp3) is 0.346. The first-order valence-electron chi connectivity index (χ1n) is 11.3. The number of carbonyl (C=O) groups excluding carboxylic acids is 2. The zero-order valence-electron chi connectivity index (χ0n) is 19.3. The van der Waals surface area contributed by atoms with Crippen molar-refractivity contribution in [2.45, 2.75) is 43.9 Å². The second-order valence-corrected chi connectivity index (χ2v) is 10.3. The predicted molar refractivity (Wildman–Crippen MR) is 133 cm³/mol. The van der Waals surface area contributed by atoms with Gasteiger partial charge in [-0.05, 0) is 55.3 Å². The summed E-state index contributed by atoms with van der Waals surface area (Å²) in [6.07, 6.45) is 1.45. The summed E-state index contributed by atoms with van der Waals surface area (Å²) in [5.41, 5.74) is 4.66. The Morgan fingerprint density at radius 1 is 1.21 bits per heavy atom. The summed E-state index contributed by atoms with van der Waals surface area (Å²) in [7, 11) is 0. The molecule has 1 saturated heterocycles. The van der Waals surface area contributed by atoms with E-state index >= 15 is 0 Å². The monoisotopic (exact) mass is 479 g/mol. The van der Waals surface area contributed by atoms with Gasteiger partial charge in [-0.25, -0.2) is 5.48 Å². The number of amides is 2. The lowest BCUT2D eigenvalue weighted by Gasteiger charge is -2.29. The van der Waals surface area contributed by atoms with Crippen LogP contribution in [-0.4, -0.2) is 45.2 Å². The molecule has 2 atom stereocenters. The highest BCUT2D eigenvalue weighted by molar-refractivity contribution is 8.00. The summed E-state index contributed by atoms with van der Waals surface area (Å²) >= 11 is 1.70. The lowest BCUT2D eigenvalue weighted by molar-refractivity contribution is -0.130. The van der Waals surface area contributed by atoms with Crippen molar-refractivity contribution in [3.63, 3.8) is 0 Å². The van der Waals surface area contributed by atoms with Gasteiger partial charge in [0.05, 0.1) is 24.1 Å². The number of para-hydroxylation sites is 1. The van der Waals surface area contributed by atoms with E-state index in [1.807, 2.05) is 25.1 Å². The van der Waals surface area contributed by atoms with Gasteiger partial charge in [0, 0.05) is 34.1 Å². The van der Waals surface area contributed by atoms with Gasteiger partial charge in [-0.3, -0.25) is 19.8 Å². The van der Waals surface area contributed by atoms with E-state index < -0.39 is 11.4 Å². The van der Waals surface area contributed by atoms with Crippen molar-refractivity contribution in [1.29, 1.82) is 0 Å². The van der Waals surface area contributed by atoms with Crippen molar-refractivity contribution in [3.05, 3.63) is 71.4 Å². The van der Waals surface area contributed by atoms with Crippen LogP contribution in [0.4, 0.5) is 0 Å². The Kier molecular flexibility index (Phi) is 7.38. The minimum absolute atomic E-state index is 0.0386. The summed E-state index contributed by atoms with van der Waals surface area (Å²) in [5.74, 6) is 0.560. The minimum atomic E-state index is -0.672. The first kappa shape index (κ1) is 24.0. The maximum absolute atomic E-state index is 12.9. The van der Waals surface area contributed by atoms with Gasteiger partial charge in [-0.15, -0.1) is 0 Å². The minimum Gasteiger partial charge on any atom is -0.493 e. The highest BCUT2D eigenvalue weighted by Crippen LogP contribution is 2.37. The third kappa shape index (κ3) is 5.69. The molecule has 3 aromatic rings. The molecule has 2 amide bonds. The van der Waals surface area contributed by atoms with E-state index in [2.05, 4.69) is 29.4 Å². The maximum atomic E-state index is 12.9. The maximum Gasteiger partial charge on any atom is 0.251 e. The molecule has 0 spiro atoms. The fourth-order valence-electron chi connectivity index (χ4n) is 4.47. The van der Waals surface area contributed by atoms with Crippen molar-refractivity contribution in [2.75, 3.05) is 12.4 Å². The molecule has 8 heteroatoms. The molecule has 0 aliphatic carbocycles. The SMILES string of the molecule is Cc1cc(CCOc2ccc(C(=O)NC3(CC(=O)NO)CSC(C)C3)cc2)c2ccccc2n1. The van der Waals surface area contributed by atoms with Crippen LogP contribution in [-0.2, 0) is 11.2 Å². The van der Waals surface area contributed by atoms with Gasteiger partial charge in [0.15, 0.2) is 0 Å². The van der Waals surface area contributed by atoms with Crippen LogP contribution in [0.5, 0.6) is 5.75 Å². The Bertz CT molecular complexity index is 1180. The molecule has 34 heavy (non-hydrogen) atoms. The summed E-state index contributed by atoms with van der Waals surface area (Å²) in [6, 6.07) is 17.2. The molecule has 2 heterocycles. The first-order valence-corrected chi connectivity index (χ1v) is 12.4. The van der Waals surface area contributed by atoms with Crippen LogP contribution in [0.25, 0.3) is 10.9 Å². The summed E-state index contributed by atoms with van der Waals surface area (Å²) in [5, 5.41) is 13.4. The van der Waals surface area contributed by atoms with E-state index in [1.54, 1.807) is 41.5 Å². The number of nitrogens with one attached hydrogen (secondary N) is 2. The molecular weight excluding hydrogens is 450 g/mol. The number of aromatic nitrogens is 1. The van der Waals surface area contributed by atoms with Crippen LogP contribution in [0, 0.1) is 6.92 Å². The topological polar surface area (TPSA) is 101 Å². The van der Waals surface area contributed by atoms with E-state index in [-0.39, 0.29) is 12.3 Å². The van der Waals surface area contributed by atoms with Crippen molar-refractivity contribution in [1.82, 2.24) is 15.8 Å². The first-order chi connectivity index (χ1) is 16.4. The molecule has 7 nitrogen and oxygen atoms in total. The normalized spacial score (nSPS) is 19.7. The number of rotatable bonds is 8. The zero-order valence-corrected chi connectivity index (χ0v) is 20.2. The average Bonchev–Trinajstić information content (AvgIpc) is 3.18. The molecule has 3 N–H and O–H groups in total. The van der Waals surface area contributed by atoms with Crippen LogP contribution in [0.2, 0.25) is 0 Å². The van der Waals surface area contributed by atoms with Crippen molar-refractivity contribution in [2.24, 2.45) is 0 Å². The molecule has 178 valence electrons. The molecule has 1 aromatic heterocycles. The molecule has 0 bridgehead atoms. The number of fused-ring (bicyclic) bond motifs is 1. The van der Waals surface area contributed by atoms with E-state index in [0.717, 1.165) is 23.0 Å². The Hall–Kier alpha value is -3.10. The van der Waals surface area contributed by atoms with Crippen LogP contribution in [0.15, 0.2) is 54.6 Å². The van der Waals surface area contributed by atoms with Gasteiger partial charge < -0.3 is 10.1 Å². The predicted octanol–water partition coefficient (Wildman–Crippen LogP) is 4.05. The van der Waals surface area contributed by atoms with Crippen LogP contribution < -0.4 is 15.5 Å². The molecule has 4 rings (SSSR count). The Morgan fingerprint density at radius 3 is 2.68 bits per heavy atom. The van der Waals surface area contributed by atoms with E-state index in [4.69, 9.17) is 9.94 Å². The Morgan fingerprint density at radius 2 is 1.97 bits per heavy atom. The number of hydrogen-bond acceptors (Lipinski definition) is 6. The zero-order chi connectivity index (χ0) is 24.1. The molecule has 0 radical (unpaired) electrons. The number of ether oxygens (including phenoxy) is 1. The molecule has 1 aliphatic heterocycles. The Balaban J connectivity index is 1.37. The highest BCUT2D eigenvalue weighted by atomic mass is 32.2. The van der Waals surface area contributed by atoms with Gasteiger partial charge in [0.2, 0.25) is 5.91 Å². The van der Waals surface area contributed by atoms with Crippen LogP contribution in [0.1, 0.15) is 41.4 Å². The molecule has 2 unspecified atom stereocenters. The molecule has 2 aromatic carbocycles. The second-order valence-electron chi connectivity index (χ2n) is 8.83. The van der Waals surface area contributed by atoms with Gasteiger partial charge in [0.25, 0.3) is 5.91 Å². The van der Waals surface area contributed by atoms with Gasteiger partial charge in [-0.1, -0.05) is 25.1 Å². The van der Waals surface area contributed by atoms with Crippen molar-refractivity contribution < 1.29 is 19.5 Å². The largest absolute Gasteiger partial charge is 0.493 e. The molecule has 1 aliphatic rings. The Labute approximate surface area is 203 Å². The average molecular weight is 480 g/mol. The van der Waals surface area contributed by atoms with Gasteiger partial charge in [0.1, 0.15) is 5.75 Å². The number of carbonyl (C=O) groups is 2. The number of nitrogens with zero attached hydrogens (tertiary/aromatic N) is 1. The number of hydrogen-bond donors (Lipinski definition) is 3. The van der Waals surface area contributed by atoms with Crippen molar-refractivity contribution >= 4 is 34.5 Å². The van der Waals surface area contributed by atoms with E-state index in [9.17, 15) is 9.59 Å². The number of thioether (sulfide) groups is 1. The smallest absolute Gasteiger partial charge is 0.251 e. The number of benzene rings is 2. The molecule has 1 fully saturated rings. The summed E-state index contributed by atoms with van der Waals surface area (Å²) in [6.45, 7) is 4.57. The lowest BCUT2D eigenvalue weighted by atomic mass is 9.91. The summed E-state index contributed by atoms with van der Waals surface area (Å²) < 4.78 is 5.93. The van der Waals surface area contributed by atoms with Crippen LogP contribution in [0.3, 0.4) is 0 Å². The number of hydroxylamine groups is 1. The van der Waals surface area contributed by atoms with Crippen molar-refractivity contribution in [3.8, 4) is 5.75 Å². The standard InChI is InChI=1S/C26H29N3O4S/c1-17-13-20(22-5-3-4-6-23(22)27-17)11-12-33-21-9-7-19(8-10-21)25(31)28-26(15-24(30)29-32)14-18(2)34-16-26/h3-10,13,18,32H,11-12,14-16H2,1-2H3,(H,28,31)(H,29,30). The third-order valence-corrected chi connectivity index (χ3v) is 7.47. The third-order valence-electron chi connectivity index (χ3n) is 6.01. The van der Waals surface area contributed by atoms with E-state index in [1.165, 1.54) is 5.56 Å². The fourth-order valence-corrected chi connectivity index (χ4v) is 5.80. The number of aryl methyl sites for hydroxylation is 1. The van der Waals surface area contributed by atoms with Crippen LogP contribution >= 0.6 is 11.8 Å².